The molecule has 0 aliphatic rings. The summed E-state index contributed by atoms with van der Waals surface area (Å²) in [7, 11) is 2.94. The van der Waals surface area contributed by atoms with Gasteiger partial charge in [-0.15, -0.1) is 0 Å². The quantitative estimate of drug-likeness (QED) is 0.285. The summed E-state index contributed by atoms with van der Waals surface area (Å²) >= 11 is 0. The van der Waals surface area contributed by atoms with E-state index < -0.39 is 23.9 Å². The number of hydrogen-bond acceptors (Lipinski definition) is 6. The first-order valence-corrected chi connectivity index (χ1v) is 9.93. The molecule has 7 nitrogen and oxygen atoms in total. The van der Waals surface area contributed by atoms with E-state index in [1.54, 1.807) is 12.1 Å². The van der Waals surface area contributed by atoms with Crippen LogP contribution < -0.4 is 10.1 Å². The monoisotopic (exact) mass is 447 g/mol. The molecule has 0 fully saturated rings. The van der Waals surface area contributed by atoms with E-state index in [9.17, 15) is 27.2 Å². The molecule has 3 N–H and O–H groups in total. The highest BCUT2D eigenvalue weighted by Crippen LogP contribution is 2.21. The Morgan fingerprint density at radius 2 is 1.64 bits per heavy atom. The van der Waals surface area contributed by atoms with Gasteiger partial charge in [-0.1, -0.05) is 33.7 Å². The van der Waals surface area contributed by atoms with Crippen LogP contribution in [0, 0.1) is 5.82 Å². The molecule has 13 heteroatoms. The highest BCUT2D eigenvalue weighted by Gasteiger charge is 2.38. The molecule has 0 aliphatic heterocycles. The Hall–Kier alpha value is -2.15. The van der Waals surface area contributed by atoms with Gasteiger partial charge in [-0.2, -0.15) is 13.2 Å². The van der Waals surface area contributed by atoms with Gasteiger partial charge >= 0.3 is 18.1 Å². The fourth-order valence-corrected chi connectivity index (χ4v) is 3.12. The fraction of sp³-hybridized carbons (Fsp3) is 0.400. The third-order valence-corrected chi connectivity index (χ3v) is 4.84. The van der Waals surface area contributed by atoms with Gasteiger partial charge in [-0.05, 0) is 12.1 Å². The maximum atomic E-state index is 13.2. The predicted octanol–water partition coefficient (Wildman–Crippen LogP) is 2.81. The summed E-state index contributed by atoms with van der Waals surface area (Å²) in [4.78, 5) is 30.6. The summed E-state index contributed by atoms with van der Waals surface area (Å²) < 4.78 is 50.0. The van der Waals surface area contributed by atoms with Crippen molar-refractivity contribution in [3.63, 3.8) is 0 Å². The van der Waals surface area contributed by atoms with E-state index in [2.05, 4.69) is 5.32 Å². The number of carbonyl (C=O) groups excluding carboxylic acids is 1. The Bertz CT molecular complexity index is 645. The van der Waals surface area contributed by atoms with Crippen LogP contribution in [-0.2, 0) is 14.4 Å². The summed E-state index contributed by atoms with van der Waals surface area (Å²) in [6.45, 7) is 0.210. The number of amides is 1. The van der Waals surface area contributed by atoms with Crippen LogP contribution in [0.2, 0.25) is 0 Å². The zero-order valence-electron chi connectivity index (χ0n) is 14.2. The number of nitrogens with one attached hydrogen (secondary N) is 1. The van der Waals surface area contributed by atoms with E-state index in [1.807, 2.05) is 0 Å². The number of benzene rings is 1. The Morgan fingerprint density at radius 3 is 2.18 bits per heavy atom. The first-order valence-electron chi connectivity index (χ1n) is 7.44. The zero-order chi connectivity index (χ0) is 21.6. The minimum absolute atomic E-state index is 0.0475. The molecule has 0 atom stereocenters. The van der Waals surface area contributed by atoms with E-state index in [4.69, 9.17) is 19.7 Å². The topological polar surface area (TPSA) is 113 Å². The van der Waals surface area contributed by atoms with Crippen LogP contribution in [0.1, 0.15) is 6.42 Å². The second kappa shape index (κ2) is 13.9. The summed E-state index contributed by atoms with van der Waals surface area (Å²) in [5.41, 5.74) is 0. The number of carboxylic acids is 2. The van der Waals surface area contributed by atoms with Gasteiger partial charge in [-0.3, -0.25) is 9.59 Å². The van der Waals surface area contributed by atoms with Gasteiger partial charge in [0.05, 0.1) is 6.42 Å². The van der Waals surface area contributed by atoms with Crippen molar-refractivity contribution < 1.29 is 46.9 Å². The highest BCUT2D eigenvalue weighted by molar-refractivity contribution is 8.76. The van der Waals surface area contributed by atoms with Crippen molar-refractivity contribution in [2.24, 2.45) is 0 Å². The average molecular weight is 447 g/mol. The molecular formula is C15H17F4NO6S2. The van der Waals surface area contributed by atoms with Gasteiger partial charge in [0.2, 0.25) is 0 Å². The van der Waals surface area contributed by atoms with Gasteiger partial charge in [0.1, 0.15) is 0 Å². The van der Waals surface area contributed by atoms with Gasteiger partial charge in [-0.25, -0.2) is 9.18 Å². The molecule has 1 aromatic rings. The number of alkyl halides is 3. The molecule has 158 valence electrons. The largest absolute Gasteiger partial charge is 0.490 e. The van der Waals surface area contributed by atoms with Crippen molar-refractivity contribution in [3.05, 3.63) is 30.1 Å². The van der Waals surface area contributed by atoms with Crippen LogP contribution in [0.4, 0.5) is 17.6 Å². The van der Waals surface area contributed by atoms with Crippen LogP contribution in [-0.4, -0.2) is 58.9 Å². The maximum absolute atomic E-state index is 13.2. The van der Waals surface area contributed by atoms with E-state index in [0.717, 1.165) is 0 Å². The molecule has 0 aromatic heterocycles. The number of halogens is 4. The molecule has 0 bridgehead atoms. The normalized spacial score (nSPS) is 10.4. The third-order valence-electron chi connectivity index (χ3n) is 2.43. The van der Waals surface area contributed by atoms with Gasteiger partial charge in [0.25, 0.3) is 5.91 Å². The lowest BCUT2D eigenvalue weighted by Crippen LogP contribution is -2.30. The molecule has 0 aliphatic carbocycles. The molecule has 1 rings (SSSR count). The van der Waals surface area contributed by atoms with Crippen molar-refractivity contribution in [1.29, 1.82) is 0 Å². The summed E-state index contributed by atoms with van der Waals surface area (Å²) in [6, 6.07) is 5.89. The number of carbonyl (C=O) groups is 3. The van der Waals surface area contributed by atoms with Crippen molar-refractivity contribution in [3.8, 4) is 5.75 Å². The Morgan fingerprint density at radius 1 is 1.07 bits per heavy atom. The first kappa shape index (κ1) is 25.9. The molecule has 1 amide bonds. The van der Waals surface area contributed by atoms with Crippen LogP contribution in [0.3, 0.4) is 0 Å². The SMILES string of the molecule is O=C(O)C(F)(F)F.O=C(O)CCSSCCNC(=O)COc1ccccc1F. The number of carboxylic acid groups (broad SMARTS) is 2. The number of para-hydroxylation sites is 1. The third kappa shape index (κ3) is 14.0. The van der Waals surface area contributed by atoms with E-state index in [1.165, 1.54) is 33.7 Å². The number of hydrogen-bond donors (Lipinski definition) is 3. The smallest absolute Gasteiger partial charge is 0.481 e. The lowest BCUT2D eigenvalue weighted by molar-refractivity contribution is -0.192. The summed E-state index contributed by atoms with van der Waals surface area (Å²) in [5.74, 6) is -3.16. The molecule has 0 saturated heterocycles. The Labute approximate surface area is 165 Å². The highest BCUT2D eigenvalue weighted by atomic mass is 33.1. The molecule has 0 spiro atoms. The molecule has 0 radical (unpaired) electrons. The van der Waals surface area contributed by atoms with Crippen LogP contribution in [0.25, 0.3) is 0 Å². The minimum atomic E-state index is -5.08. The van der Waals surface area contributed by atoms with E-state index in [0.29, 0.717) is 18.1 Å². The standard InChI is InChI=1S/C13H16FNO4S2.C2HF3O2/c14-10-3-1-2-4-11(10)19-9-12(16)15-6-8-21-20-7-5-13(17)18;3-2(4,5)1(6)7/h1-4H,5-9H2,(H,15,16)(H,17,18);(H,6,7). The molecule has 0 heterocycles. The molecule has 28 heavy (non-hydrogen) atoms. The van der Waals surface area contributed by atoms with Crippen molar-refractivity contribution >= 4 is 39.4 Å². The van der Waals surface area contributed by atoms with Crippen LogP contribution >= 0.6 is 21.6 Å². The van der Waals surface area contributed by atoms with E-state index in [-0.39, 0.29) is 24.7 Å². The van der Waals surface area contributed by atoms with Gasteiger partial charge < -0.3 is 20.3 Å². The van der Waals surface area contributed by atoms with Crippen molar-refractivity contribution in [2.75, 3.05) is 24.7 Å². The van der Waals surface area contributed by atoms with Crippen LogP contribution in [0.15, 0.2) is 24.3 Å². The van der Waals surface area contributed by atoms with Crippen molar-refractivity contribution in [2.45, 2.75) is 12.6 Å². The van der Waals surface area contributed by atoms with Gasteiger partial charge in [0, 0.05) is 18.1 Å². The maximum Gasteiger partial charge on any atom is 0.490 e. The minimum Gasteiger partial charge on any atom is -0.481 e. The lowest BCUT2D eigenvalue weighted by Gasteiger charge is -2.07. The predicted molar refractivity (Wildman–Crippen MR) is 95.8 cm³/mol. The summed E-state index contributed by atoms with van der Waals surface area (Å²) in [6.07, 6.45) is -4.96. The molecular weight excluding hydrogens is 430 g/mol. The van der Waals surface area contributed by atoms with E-state index >= 15 is 0 Å². The fourth-order valence-electron chi connectivity index (χ4n) is 1.24. The number of rotatable bonds is 10. The molecule has 0 saturated carbocycles. The van der Waals surface area contributed by atoms with Crippen molar-refractivity contribution in [1.82, 2.24) is 5.32 Å². The first-order chi connectivity index (χ1) is 13.0. The Balaban J connectivity index is 0.000000887. The van der Waals surface area contributed by atoms with Gasteiger partial charge in [0.15, 0.2) is 18.2 Å². The Kier molecular flexibility index (Phi) is 12.9. The lowest BCUT2D eigenvalue weighted by atomic mass is 10.3. The zero-order valence-corrected chi connectivity index (χ0v) is 15.8. The average Bonchev–Trinajstić information content (AvgIpc) is 2.59. The molecule has 1 aromatic carbocycles. The second-order valence-electron chi connectivity index (χ2n) is 4.66. The summed E-state index contributed by atoms with van der Waals surface area (Å²) in [5, 5.41) is 18.2. The number of ether oxygens (including phenoxy) is 1. The second-order valence-corrected chi connectivity index (χ2v) is 7.36. The van der Waals surface area contributed by atoms with Crippen LogP contribution in [0.5, 0.6) is 5.75 Å². The molecule has 0 unspecified atom stereocenters. The number of aliphatic carboxylic acids is 2.